The molecule has 2 aromatic heterocycles. The fraction of sp³-hybridized carbons (Fsp3) is 0.0968. The van der Waals surface area contributed by atoms with Crippen molar-refractivity contribution >= 4 is 40.4 Å². The van der Waals surface area contributed by atoms with Crippen molar-refractivity contribution in [3.8, 4) is 11.3 Å². The lowest BCUT2D eigenvalue weighted by atomic mass is 9.83. The van der Waals surface area contributed by atoms with Crippen LogP contribution in [0.15, 0.2) is 105 Å². The van der Waals surface area contributed by atoms with Gasteiger partial charge in [-0.1, -0.05) is 71.5 Å². The van der Waals surface area contributed by atoms with Crippen LogP contribution in [0, 0.1) is 10.1 Å². The molecule has 7 rings (SSSR count). The highest BCUT2D eigenvalue weighted by atomic mass is 35.5. The second-order valence-electron chi connectivity index (χ2n) is 9.64. The number of rotatable bonds is 4. The van der Waals surface area contributed by atoms with E-state index in [0.717, 1.165) is 35.2 Å². The molecule has 0 bridgehead atoms. The summed E-state index contributed by atoms with van der Waals surface area (Å²) in [5.41, 5.74) is 5.51. The summed E-state index contributed by atoms with van der Waals surface area (Å²) in [5, 5.41) is 12.1. The number of benzene rings is 3. The van der Waals surface area contributed by atoms with Gasteiger partial charge in [0.25, 0.3) is 11.2 Å². The van der Waals surface area contributed by atoms with Gasteiger partial charge < -0.3 is 4.42 Å². The van der Waals surface area contributed by atoms with Crippen LogP contribution in [-0.2, 0) is 6.42 Å². The topological polar surface area (TPSA) is 90.6 Å². The zero-order valence-electron chi connectivity index (χ0n) is 20.9. The van der Waals surface area contributed by atoms with Gasteiger partial charge in [-0.05, 0) is 59.9 Å². The van der Waals surface area contributed by atoms with Gasteiger partial charge in [0, 0.05) is 22.7 Å². The molecule has 1 aliphatic heterocycles. The molecule has 0 radical (unpaired) electrons. The van der Waals surface area contributed by atoms with Crippen LogP contribution in [0.25, 0.3) is 23.1 Å². The maximum atomic E-state index is 13.9. The molecule has 0 saturated carbocycles. The molecule has 3 heterocycles. The van der Waals surface area contributed by atoms with Gasteiger partial charge in [0.15, 0.2) is 4.80 Å². The summed E-state index contributed by atoms with van der Waals surface area (Å²) in [6, 6.07) is 25.4. The first-order valence-electron chi connectivity index (χ1n) is 12.7. The van der Waals surface area contributed by atoms with Gasteiger partial charge >= 0.3 is 0 Å². The Morgan fingerprint density at radius 3 is 2.52 bits per heavy atom. The third-order valence-electron chi connectivity index (χ3n) is 7.33. The lowest BCUT2D eigenvalue weighted by Crippen LogP contribution is -2.38. The first-order valence-corrected chi connectivity index (χ1v) is 13.9. The number of thiazole rings is 1. The Balaban J connectivity index is 1.39. The van der Waals surface area contributed by atoms with E-state index < -0.39 is 4.92 Å². The number of hydrogen-bond acceptors (Lipinski definition) is 6. The Bertz CT molecular complexity index is 2040. The molecule has 3 aromatic carbocycles. The number of aryl methyl sites for hydroxylation is 1. The molecule has 7 nitrogen and oxygen atoms in total. The predicted molar refractivity (Wildman–Crippen MR) is 155 cm³/mol. The van der Waals surface area contributed by atoms with Crippen molar-refractivity contribution in [1.29, 1.82) is 0 Å². The summed E-state index contributed by atoms with van der Waals surface area (Å²) in [7, 11) is 0. The minimum absolute atomic E-state index is 0.0448. The van der Waals surface area contributed by atoms with E-state index in [1.807, 2.05) is 36.4 Å². The Hall–Kier alpha value is -4.53. The summed E-state index contributed by atoms with van der Waals surface area (Å²) >= 11 is 7.51. The van der Waals surface area contributed by atoms with Crippen molar-refractivity contribution in [1.82, 2.24) is 4.57 Å². The molecule has 1 atom stereocenters. The van der Waals surface area contributed by atoms with Crippen molar-refractivity contribution in [2.24, 2.45) is 4.99 Å². The quantitative estimate of drug-likeness (QED) is 0.193. The van der Waals surface area contributed by atoms with Crippen LogP contribution in [0.5, 0.6) is 0 Å². The third-order valence-corrected chi connectivity index (χ3v) is 8.56. The molecule has 0 fully saturated rings. The first kappa shape index (κ1) is 24.5. The SMILES string of the molecule is O=c1/c(=C\c2ccc(-c3ccccc3[N+](=O)[O-])o2)sc2n1[C@H](c1ccc(Cl)cc1)C1=C(N=2)c2ccccc2CC1. The van der Waals surface area contributed by atoms with E-state index in [1.54, 1.807) is 41.0 Å². The number of para-hydroxylation sites is 1. The number of nitro benzene ring substituents is 1. The Kier molecular flexibility index (Phi) is 5.87. The highest BCUT2D eigenvalue weighted by Crippen LogP contribution is 2.41. The number of furan rings is 1. The maximum Gasteiger partial charge on any atom is 0.280 e. The second kappa shape index (κ2) is 9.59. The Morgan fingerprint density at radius 1 is 0.975 bits per heavy atom. The average molecular weight is 566 g/mol. The number of nitrogens with zero attached hydrogens (tertiary/aromatic N) is 3. The molecule has 9 heteroatoms. The van der Waals surface area contributed by atoms with Crippen LogP contribution in [0.2, 0.25) is 5.02 Å². The minimum Gasteiger partial charge on any atom is -0.456 e. The van der Waals surface area contributed by atoms with Gasteiger partial charge in [0.2, 0.25) is 0 Å². The predicted octanol–water partition coefficient (Wildman–Crippen LogP) is 6.14. The van der Waals surface area contributed by atoms with Crippen LogP contribution < -0.4 is 14.9 Å². The first-order chi connectivity index (χ1) is 19.5. The molecular formula is C31H20ClN3O4S. The molecule has 40 heavy (non-hydrogen) atoms. The van der Waals surface area contributed by atoms with Crippen molar-refractivity contribution in [3.63, 3.8) is 0 Å². The molecule has 0 spiro atoms. The Labute approximate surface area is 236 Å². The van der Waals surface area contributed by atoms with Gasteiger partial charge in [0.1, 0.15) is 11.5 Å². The molecule has 0 unspecified atom stereocenters. The number of allylic oxidation sites excluding steroid dienone is 1. The number of fused-ring (bicyclic) bond motifs is 3. The largest absolute Gasteiger partial charge is 0.456 e. The van der Waals surface area contributed by atoms with Crippen molar-refractivity contribution < 1.29 is 9.34 Å². The van der Waals surface area contributed by atoms with Crippen molar-refractivity contribution in [2.75, 3.05) is 0 Å². The highest BCUT2D eigenvalue weighted by molar-refractivity contribution is 7.07. The van der Waals surface area contributed by atoms with Crippen LogP contribution in [-0.4, -0.2) is 9.49 Å². The lowest BCUT2D eigenvalue weighted by molar-refractivity contribution is -0.384. The fourth-order valence-corrected chi connectivity index (χ4v) is 6.62. The standard InChI is InChI=1S/C31H20ClN3O4S/c32-20-12-9-19(10-13-20)29-24-15-11-18-5-1-2-6-22(18)28(24)33-31-34(29)30(36)27(40-31)17-21-14-16-26(39-21)23-7-3-4-8-25(23)35(37)38/h1-10,12-14,16-17,29H,11,15H2/b27-17+/t29-/m1/s1. The van der Waals surface area contributed by atoms with Gasteiger partial charge in [-0.3, -0.25) is 19.5 Å². The van der Waals surface area contributed by atoms with Crippen LogP contribution >= 0.6 is 22.9 Å². The zero-order valence-corrected chi connectivity index (χ0v) is 22.5. The average Bonchev–Trinajstić information content (AvgIpc) is 3.56. The maximum absolute atomic E-state index is 13.9. The van der Waals surface area contributed by atoms with Crippen molar-refractivity contribution in [3.05, 3.63) is 148 Å². The summed E-state index contributed by atoms with van der Waals surface area (Å²) in [6.07, 6.45) is 3.35. The summed E-state index contributed by atoms with van der Waals surface area (Å²) in [4.78, 5) is 30.6. The van der Waals surface area contributed by atoms with Crippen LogP contribution in [0.3, 0.4) is 0 Å². The monoisotopic (exact) mass is 565 g/mol. The minimum atomic E-state index is -0.438. The van der Waals surface area contributed by atoms with E-state index in [9.17, 15) is 14.9 Å². The van der Waals surface area contributed by atoms with E-state index in [-0.39, 0.29) is 17.3 Å². The van der Waals surface area contributed by atoms with Gasteiger partial charge in [-0.25, -0.2) is 4.99 Å². The molecule has 0 amide bonds. The fourth-order valence-electron chi connectivity index (χ4n) is 5.51. The van der Waals surface area contributed by atoms with E-state index in [0.29, 0.717) is 31.4 Å². The molecule has 2 aliphatic rings. The number of aromatic nitrogens is 1. The summed E-state index contributed by atoms with van der Waals surface area (Å²) in [6.45, 7) is 0. The van der Waals surface area contributed by atoms with Crippen LogP contribution in [0.4, 0.5) is 5.69 Å². The lowest BCUT2D eigenvalue weighted by Gasteiger charge is -2.30. The second-order valence-corrected chi connectivity index (χ2v) is 11.1. The number of hydrogen-bond donors (Lipinski definition) is 0. The third kappa shape index (κ3) is 4.04. The van der Waals surface area contributed by atoms with Crippen LogP contribution in [0.1, 0.15) is 34.9 Å². The Morgan fingerprint density at radius 2 is 1.73 bits per heavy atom. The highest BCUT2D eigenvalue weighted by Gasteiger charge is 2.32. The molecule has 5 aromatic rings. The molecule has 196 valence electrons. The zero-order chi connectivity index (χ0) is 27.4. The van der Waals surface area contributed by atoms with E-state index in [4.69, 9.17) is 21.0 Å². The van der Waals surface area contributed by atoms with Gasteiger partial charge in [-0.15, -0.1) is 0 Å². The van der Waals surface area contributed by atoms with Gasteiger partial charge in [0.05, 0.1) is 26.8 Å². The molecule has 0 saturated heterocycles. The van der Waals surface area contributed by atoms with E-state index >= 15 is 0 Å². The summed E-state index contributed by atoms with van der Waals surface area (Å²) in [5.74, 6) is 0.785. The molecule has 0 N–H and O–H groups in total. The van der Waals surface area contributed by atoms with E-state index in [1.165, 1.54) is 23.0 Å². The smallest absolute Gasteiger partial charge is 0.280 e. The molecular weight excluding hydrogens is 546 g/mol. The number of halogens is 1. The summed E-state index contributed by atoms with van der Waals surface area (Å²) < 4.78 is 8.19. The normalized spacial score (nSPS) is 16.2. The van der Waals surface area contributed by atoms with Gasteiger partial charge in [-0.2, -0.15) is 0 Å². The molecule has 1 aliphatic carbocycles. The van der Waals surface area contributed by atoms with E-state index in [2.05, 4.69) is 12.1 Å². The van der Waals surface area contributed by atoms with Crippen molar-refractivity contribution in [2.45, 2.75) is 18.9 Å². The number of nitro groups is 1.